The zero-order chi connectivity index (χ0) is 12.4. The molecule has 2 unspecified atom stereocenters. The Morgan fingerprint density at radius 2 is 1.94 bits per heavy atom. The Morgan fingerprint density at radius 1 is 1.29 bits per heavy atom. The van der Waals surface area contributed by atoms with Crippen molar-refractivity contribution in [3.05, 3.63) is 0 Å². The third-order valence-corrected chi connectivity index (χ3v) is 3.79. The molecule has 2 heterocycles. The average molecular weight is 241 g/mol. The van der Waals surface area contributed by atoms with Gasteiger partial charge in [-0.15, -0.1) is 0 Å². The first-order valence-corrected chi connectivity index (χ1v) is 6.65. The van der Waals surface area contributed by atoms with Crippen LogP contribution < -0.4 is 0 Å². The summed E-state index contributed by atoms with van der Waals surface area (Å²) in [6.45, 7) is 7.73. The van der Waals surface area contributed by atoms with Crippen LogP contribution in [0.25, 0.3) is 0 Å². The van der Waals surface area contributed by atoms with Crippen molar-refractivity contribution in [2.75, 3.05) is 19.6 Å². The number of likely N-dealkylation sites (tertiary alicyclic amines) is 1. The molecule has 0 radical (unpaired) electrons. The van der Waals surface area contributed by atoms with Crippen LogP contribution in [0.3, 0.4) is 0 Å². The Bertz CT molecular complexity index is 272. The number of hydrogen-bond donors (Lipinski definition) is 1. The standard InChI is InChI=1S/C13H23NO3/c1-9-5-10(2)7-14(6-9)8-11-3-4-12(17-11)13(15)16/h9-12H,3-8H2,1-2H3,(H,15,16)/t9?,10?,11-,12+/m0/s1. The Balaban J connectivity index is 1.79. The van der Waals surface area contributed by atoms with E-state index in [1.807, 2.05) is 0 Å². The lowest BCUT2D eigenvalue weighted by Crippen LogP contribution is -2.42. The lowest BCUT2D eigenvalue weighted by atomic mass is 9.91. The van der Waals surface area contributed by atoms with Gasteiger partial charge >= 0.3 is 5.97 Å². The van der Waals surface area contributed by atoms with Crippen LogP contribution in [0.5, 0.6) is 0 Å². The Kier molecular flexibility index (Phi) is 4.05. The number of carboxylic acids is 1. The highest BCUT2D eigenvalue weighted by molar-refractivity contribution is 5.72. The van der Waals surface area contributed by atoms with E-state index >= 15 is 0 Å². The molecule has 2 fully saturated rings. The van der Waals surface area contributed by atoms with Crippen LogP contribution in [-0.2, 0) is 9.53 Å². The summed E-state index contributed by atoms with van der Waals surface area (Å²) in [6, 6.07) is 0. The smallest absolute Gasteiger partial charge is 0.332 e. The van der Waals surface area contributed by atoms with E-state index in [1.165, 1.54) is 6.42 Å². The Hall–Kier alpha value is -0.610. The first-order chi connectivity index (χ1) is 8.04. The minimum absolute atomic E-state index is 0.119. The molecule has 0 aromatic heterocycles. The highest BCUT2D eigenvalue weighted by Gasteiger charge is 2.32. The molecule has 17 heavy (non-hydrogen) atoms. The summed E-state index contributed by atoms with van der Waals surface area (Å²) in [5, 5.41) is 8.88. The molecule has 4 atom stereocenters. The first-order valence-electron chi connectivity index (χ1n) is 6.65. The fraction of sp³-hybridized carbons (Fsp3) is 0.923. The van der Waals surface area contributed by atoms with E-state index in [4.69, 9.17) is 9.84 Å². The minimum atomic E-state index is -0.812. The van der Waals surface area contributed by atoms with E-state index in [2.05, 4.69) is 18.7 Å². The number of ether oxygens (including phenoxy) is 1. The topological polar surface area (TPSA) is 49.8 Å². The van der Waals surface area contributed by atoms with Crippen molar-refractivity contribution in [1.82, 2.24) is 4.90 Å². The second kappa shape index (κ2) is 5.36. The van der Waals surface area contributed by atoms with Gasteiger partial charge in [-0.2, -0.15) is 0 Å². The molecular formula is C13H23NO3. The van der Waals surface area contributed by atoms with Crippen molar-refractivity contribution in [2.45, 2.75) is 45.3 Å². The highest BCUT2D eigenvalue weighted by atomic mass is 16.5. The van der Waals surface area contributed by atoms with Gasteiger partial charge in [-0.3, -0.25) is 0 Å². The van der Waals surface area contributed by atoms with Gasteiger partial charge in [0.05, 0.1) is 6.10 Å². The Morgan fingerprint density at radius 3 is 2.47 bits per heavy atom. The van der Waals surface area contributed by atoms with E-state index in [9.17, 15) is 4.79 Å². The number of hydrogen-bond acceptors (Lipinski definition) is 3. The number of carboxylic acid groups (broad SMARTS) is 1. The molecule has 0 spiro atoms. The summed E-state index contributed by atoms with van der Waals surface area (Å²) >= 11 is 0. The number of aliphatic carboxylic acids is 1. The zero-order valence-corrected chi connectivity index (χ0v) is 10.8. The third-order valence-electron chi connectivity index (χ3n) is 3.79. The summed E-state index contributed by atoms with van der Waals surface area (Å²) in [6.07, 6.45) is 2.41. The van der Waals surface area contributed by atoms with Crippen LogP contribution in [0.1, 0.15) is 33.1 Å². The second-order valence-electron chi connectivity index (χ2n) is 5.83. The van der Waals surface area contributed by atoms with Crippen molar-refractivity contribution in [1.29, 1.82) is 0 Å². The third kappa shape index (κ3) is 3.42. The molecule has 1 N–H and O–H groups in total. The molecular weight excluding hydrogens is 218 g/mol. The van der Waals surface area contributed by atoms with E-state index in [0.29, 0.717) is 6.42 Å². The summed E-state index contributed by atoms with van der Waals surface area (Å²) in [4.78, 5) is 13.2. The van der Waals surface area contributed by atoms with E-state index in [1.54, 1.807) is 0 Å². The van der Waals surface area contributed by atoms with Gasteiger partial charge in [0.1, 0.15) is 0 Å². The molecule has 0 saturated carbocycles. The molecule has 2 aliphatic rings. The van der Waals surface area contributed by atoms with Crippen LogP contribution in [0.15, 0.2) is 0 Å². The van der Waals surface area contributed by atoms with Crippen LogP contribution in [0.4, 0.5) is 0 Å². The summed E-state index contributed by atoms with van der Waals surface area (Å²) in [5.74, 6) is 0.679. The number of carbonyl (C=O) groups is 1. The molecule has 0 aromatic carbocycles. The molecule has 0 aromatic rings. The van der Waals surface area contributed by atoms with Gasteiger partial charge in [0.2, 0.25) is 0 Å². The first kappa shape index (κ1) is 12.8. The van der Waals surface area contributed by atoms with Gasteiger partial charge in [0.25, 0.3) is 0 Å². The maximum atomic E-state index is 10.8. The van der Waals surface area contributed by atoms with Crippen molar-refractivity contribution >= 4 is 5.97 Å². The Labute approximate surface area is 103 Å². The molecule has 2 saturated heterocycles. The van der Waals surface area contributed by atoms with Crippen LogP contribution in [0, 0.1) is 11.8 Å². The summed E-state index contributed by atoms with van der Waals surface area (Å²) < 4.78 is 5.55. The quantitative estimate of drug-likeness (QED) is 0.815. The molecule has 4 heteroatoms. The van der Waals surface area contributed by atoms with Crippen molar-refractivity contribution in [2.24, 2.45) is 11.8 Å². The number of rotatable bonds is 3. The summed E-state index contributed by atoms with van der Waals surface area (Å²) in [5.41, 5.74) is 0. The fourth-order valence-electron chi connectivity index (χ4n) is 3.25. The van der Waals surface area contributed by atoms with Crippen LogP contribution in [0.2, 0.25) is 0 Å². The molecule has 0 amide bonds. The van der Waals surface area contributed by atoms with E-state index < -0.39 is 12.1 Å². The van der Waals surface area contributed by atoms with E-state index in [-0.39, 0.29) is 6.10 Å². The van der Waals surface area contributed by atoms with Gasteiger partial charge in [-0.05, 0) is 31.1 Å². The zero-order valence-electron chi connectivity index (χ0n) is 10.8. The highest BCUT2D eigenvalue weighted by Crippen LogP contribution is 2.25. The lowest BCUT2D eigenvalue weighted by molar-refractivity contribution is -0.149. The van der Waals surface area contributed by atoms with Gasteiger partial charge in [0, 0.05) is 19.6 Å². The molecule has 98 valence electrons. The monoisotopic (exact) mass is 241 g/mol. The average Bonchev–Trinajstić information content (AvgIpc) is 2.64. The molecule has 4 nitrogen and oxygen atoms in total. The fourth-order valence-corrected chi connectivity index (χ4v) is 3.25. The van der Waals surface area contributed by atoms with Crippen molar-refractivity contribution in [3.8, 4) is 0 Å². The van der Waals surface area contributed by atoms with Gasteiger partial charge in [-0.25, -0.2) is 4.79 Å². The van der Waals surface area contributed by atoms with Crippen molar-refractivity contribution in [3.63, 3.8) is 0 Å². The van der Waals surface area contributed by atoms with Crippen LogP contribution in [-0.4, -0.2) is 47.8 Å². The summed E-state index contributed by atoms with van der Waals surface area (Å²) in [7, 11) is 0. The molecule has 2 aliphatic heterocycles. The predicted octanol–water partition coefficient (Wildman–Crippen LogP) is 1.60. The predicted molar refractivity (Wildman–Crippen MR) is 64.9 cm³/mol. The number of nitrogens with zero attached hydrogens (tertiary/aromatic N) is 1. The molecule has 0 aliphatic carbocycles. The minimum Gasteiger partial charge on any atom is -0.479 e. The van der Waals surface area contributed by atoms with Gasteiger partial charge in [-0.1, -0.05) is 13.8 Å². The van der Waals surface area contributed by atoms with Crippen LogP contribution >= 0.6 is 0 Å². The molecule has 0 bridgehead atoms. The normalized spacial score (nSPS) is 39.4. The van der Waals surface area contributed by atoms with Crippen molar-refractivity contribution < 1.29 is 14.6 Å². The van der Waals surface area contributed by atoms with E-state index in [0.717, 1.165) is 37.9 Å². The van der Waals surface area contributed by atoms with Gasteiger partial charge < -0.3 is 14.7 Å². The SMILES string of the molecule is CC1CC(C)CN(C[C@@H]2CC[C@H](C(=O)O)O2)C1. The second-order valence-corrected chi connectivity index (χ2v) is 5.83. The number of piperidine rings is 1. The lowest BCUT2D eigenvalue weighted by Gasteiger charge is -2.36. The molecule has 2 rings (SSSR count). The maximum Gasteiger partial charge on any atom is 0.332 e. The largest absolute Gasteiger partial charge is 0.479 e. The maximum absolute atomic E-state index is 10.8. The van der Waals surface area contributed by atoms with Gasteiger partial charge in [0.15, 0.2) is 6.10 Å².